The molecule has 1 N–H and O–H groups in total. The van der Waals surface area contributed by atoms with Gasteiger partial charge in [-0.05, 0) is 46.7 Å². The highest BCUT2D eigenvalue weighted by Gasteiger charge is 2.20. The van der Waals surface area contributed by atoms with Crippen molar-refractivity contribution in [2.24, 2.45) is 0 Å². The van der Waals surface area contributed by atoms with E-state index in [1.165, 1.54) is 5.56 Å². The van der Waals surface area contributed by atoms with Crippen LogP contribution in [0.15, 0.2) is 60.7 Å². The van der Waals surface area contributed by atoms with Gasteiger partial charge in [0.2, 0.25) is 0 Å². The third-order valence-corrected chi connectivity index (χ3v) is 5.61. The Morgan fingerprint density at radius 3 is 2.48 bits per heavy atom. The van der Waals surface area contributed by atoms with Crippen LogP contribution in [-0.2, 0) is 0 Å². The summed E-state index contributed by atoms with van der Waals surface area (Å²) in [6, 6.07) is 19.9. The van der Waals surface area contributed by atoms with Gasteiger partial charge in [-0.3, -0.25) is 0 Å². The lowest BCUT2D eigenvalue weighted by Gasteiger charge is -2.21. The van der Waals surface area contributed by atoms with Crippen LogP contribution in [0.2, 0.25) is 5.02 Å². The van der Waals surface area contributed by atoms with Crippen molar-refractivity contribution in [1.29, 1.82) is 0 Å². The van der Waals surface area contributed by atoms with Gasteiger partial charge in [-0.25, -0.2) is 0 Å². The summed E-state index contributed by atoms with van der Waals surface area (Å²) in [5.41, 5.74) is 2.16. The molecule has 3 aromatic carbocycles. The molecule has 3 aromatic rings. The standard InChI is InChI=1S/C20H19ClOS/c1-2-13-23-20(15-7-10-16(21)11-8-15)19-17-6-4-3-5-14(17)9-12-18(19)22/h3-12,20,22H,2,13H2,1H3. The van der Waals surface area contributed by atoms with E-state index in [4.69, 9.17) is 11.6 Å². The first-order chi connectivity index (χ1) is 11.2. The van der Waals surface area contributed by atoms with Crippen LogP contribution < -0.4 is 0 Å². The molecule has 0 aliphatic carbocycles. The van der Waals surface area contributed by atoms with Crippen molar-refractivity contribution in [2.45, 2.75) is 18.6 Å². The van der Waals surface area contributed by atoms with Crippen LogP contribution in [0.4, 0.5) is 0 Å². The van der Waals surface area contributed by atoms with Crippen LogP contribution in [0.5, 0.6) is 5.75 Å². The Labute approximate surface area is 146 Å². The van der Waals surface area contributed by atoms with E-state index in [0.29, 0.717) is 5.75 Å². The van der Waals surface area contributed by atoms with Crippen LogP contribution in [-0.4, -0.2) is 10.9 Å². The van der Waals surface area contributed by atoms with Gasteiger partial charge >= 0.3 is 0 Å². The fourth-order valence-corrected chi connectivity index (χ4v) is 4.14. The number of fused-ring (bicyclic) bond motifs is 1. The zero-order chi connectivity index (χ0) is 16.2. The molecule has 0 saturated carbocycles. The number of hydrogen-bond donors (Lipinski definition) is 1. The molecule has 1 atom stereocenters. The molecular formula is C20H19ClOS. The van der Waals surface area contributed by atoms with Crippen molar-refractivity contribution < 1.29 is 5.11 Å². The SMILES string of the molecule is CCCSC(c1ccc(Cl)cc1)c1c(O)ccc2ccccc12. The lowest BCUT2D eigenvalue weighted by Crippen LogP contribution is -2.00. The minimum absolute atomic E-state index is 0.0957. The normalized spacial score (nSPS) is 12.4. The first-order valence-corrected chi connectivity index (χ1v) is 9.21. The summed E-state index contributed by atoms with van der Waals surface area (Å²) < 4.78 is 0. The largest absolute Gasteiger partial charge is 0.508 e. The van der Waals surface area contributed by atoms with Crippen molar-refractivity contribution >= 4 is 34.1 Å². The Bertz CT molecular complexity index is 798. The van der Waals surface area contributed by atoms with E-state index in [9.17, 15) is 5.11 Å². The van der Waals surface area contributed by atoms with E-state index < -0.39 is 0 Å². The van der Waals surface area contributed by atoms with Crippen LogP contribution in [0.25, 0.3) is 10.8 Å². The molecule has 0 saturated heterocycles. The second-order valence-corrected chi connectivity index (χ2v) is 7.17. The number of halogens is 1. The average molecular weight is 343 g/mol. The minimum atomic E-state index is 0.0957. The molecule has 0 radical (unpaired) electrons. The summed E-state index contributed by atoms with van der Waals surface area (Å²) in [6.45, 7) is 2.18. The van der Waals surface area contributed by atoms with Gasteiger partial charge in [0.25, 0.3) is 0 Å². The summed E-state index contributed by atoms with van der Waals surface area (Å²) in [4.78, 5) is 0. The van der Waals surface area contributed by atoms with Gasteiger partial charge < -0.3 is 5.11 Å². The zero-order valence-electron chi connectivity index (χ0n) is 13.0. The summed E-state index contributed by atoms with van der Waals surface area (Å²) >= 11 is 7.90. The third kappa shape index (κ3) is 3.49. The molecule has 3 heteroatoms. The number of thioether (sulfide) groups is 1. The summed E-state index contributed by atoms with van der Waals surface area (Å²) in [7, 11) is 0. The van der Waals surface area contributed by atoms with E-state index in [-0.39, 0.29) is 5.25 Å². The highest BCUT2D eigenvalue weighted by atomic mass is 35.5. The summed E-state index contributed by atoms with van der Waals surface area (Å²) in [5, 5.41) is 13.6. The predicted octanol–water partition coefficient (Wildman–Crippen LogP) is 6.43. The maximum absolute atomic E-state index is 10.6. The van der Waals surface area contributed by atoms with E-state index in [1.807, 2.05) is 42.1 Å². The minimum Gasteiger partial charge on any atom is -0.508 e. The van der Waals surface area contributed by atoms with Crippen LogP contribution >= 0.6 is 23.4 Å². The van der Waals surface area contributed by atoms with Crippen LogP contribution in [0.3, 0.4) is 0 Å². The quantitative estimate of drug-likeness (QED) is 0.576. The summed E-state index contributed by atoms with van der Waals surface area (Å²) in [5.74, 6) is 1.39. The molecule has 0 bridgehead atoms. The molecule has 0 fully saturated rings. The second kappa shape index (κ2) is 7.29. The molecule has 0 aliphatic heterocycles. The smallest absolute Gasteiger partial charge is 0.120 e. The van der Waals surface area contributed by atoms with Crippen molar-refractivity contribution in [3.8, 4) is 5.75 Å². The van der Waals surface area contributed by atoms with Crippen molar-refractivity contribution in [3.63, 3.8) is 0 Å². The number of benzene rings is 3. The molecule has 0 amide bonds. The molecule has 118 valence electrons. The number of aromatic hydroxyl groups is 1. The number of rotatable bonds is 5. The Kier molecular flexibility index (Phi) is 5.14. The van der Waals surface area contributed by atoms with Gasteiger partial charge in [0.1, 0.15) is 5.75 Å². The topological polar surface area (TPSA) is 20.2 Å². The zero-order valence-corrected chi connectivity index (χ0v) is 14.6. The highest BCUT2D eigenvalue weighted by molar-refractivity contribution is 7.99. The number of hydrogen-bond acceptors (Lipinski definition) is 2. The maximum Gasteiger partial charge on any atom is 0.120 e. The van der Waals surface area contributed by atoms with Crippen molar-refractivity contribution in [1.82, 2.24) is 0 Å². The van der Waals surface area contributed by atoms with Crippen molar-refractivity contribution in [3.05, 3.63) is 76.8 Å². The first-order valence-electron chi connectivity index (χ1n) is 7.78. The molecule has 0 aromatic heterocycles. The monoisotopic (exact) mass is 342 g/mol. The molecule has 1 unspecified atom stereocenters. The Morgan fingerprint density at radius 2 is 1.74 bits per heavy atom. The van der Waals surface area contributed by atoms with E-state index in [1.54, 1.807) is 6.07 Å². The molecule has 0 heterocycles. The lowest BCUT2D eigenvalue weighted by atomic mass is 9.97. The molecule has 23 heavy (non-hydrogen) atoms. The van der Waals surface area contributed by atoms with Gasteiger partial charge in [0.05, 0.1) is 5.25 Å². The van der Waals surface area contributed by atoms with Crippen LogP contribution in [0.1, 0.15) is 29.7 Å². The van der Waals surface area contributed by atoms with Gasteiger partial charge in [0.15, 0.2) is 0 Å². The Morgan fingerprint density at radius 1 is 1.00 bits per heavy atom. The molecule has 1 nitrogen and oxygen atoms in total. The third-order valence-electron chi connectivity index (χ3n) is 3.87. The van der Waals surface area contributed by atoms with Gasteiger partial charge in [0, 0.05) is 10.6 Å². The lowest BCUT2D eigenvalue weighted by molar-refractivity contribution is 0.470. The fourth-order valence-electron chi connectivity index (χ4n) is 2.78. The van der Waals surface area contributed by atoms with Gasteiger partial charge in [-0.2, -0.15) is 0 Å². The molecule has 0 aliphatic rings. The van der Waals surface area contributed by atoms with E-state index in [2.05, 4.69) is 31.2 Å². The second-order valence-electron chi connectivity index (χ2n) is 5.52. The average Bonchev–Trinajstić information content (AvgIpc) is 2.58. The molecular weight excluding hydrogens is 324 g/mol. The molecule has 3 rings (SSSR count). The number of phenols is 1. The molecule has 0 spiro atoms. The predicted molar refractivity (Wildman–Crippen MR) is 102 cm³/mol. The maximum atomic E-state index is 10.6. The van der Waals surface area contributed by atoms with Gasteiger partial charge in [-0.15, -0.1) is 11.8 Å². The first kappa shape index (κ1) is 16.2. The Balaban J connectivity index is 2.16. The number of phenolic OH excluding ortho intramolecular Hbond substituents is 1. The van der Waals surface area contributed by atoms with Gasteiger partial charge in [-0.1, -0.05) is 61.0 Å². The van der Waals surface area contributed by atoms with Crippen LogP contribution in [0, 0.1) is 0 Å². The van der Waals surface area contributed by atoms with E-state index >= 15 is 0 Å². The Hall–Kier alpha value is -1.64. The fraction of sp³-hybridized carbons (Fsp3) is 0.200. The highest BCUT2D eigenvalue weighted by Crippen LogP contribution is 2.44. The van der Waals surface area contributed by atoms with Crippen molar-refractivity contribution in [2.75, 3.05) is 5.75 Å². The summed E-state index contributed by atoms with van der Waals surface area (Å²) in [6.07, 6.45) is 1.10. The van der Waals surface area contributed by atoms with E-state index in [0.717, 1.165) is 33.5 Å².